The summed E-state index contributed by atoms with van der Waals surface area (Å²) in [6.07, 6.45) is 1.14. The smallest absolute Gasteiger partial charge is 0.295 e. The Morgan fingerprint density at radius 2 is 1.86 bits per heavy atom. The van der Waals surface area contributed by atoms with Crippen LogP contribution in [-0.4, -0.2) is 53.7 Å². The van der Waals surface area contributed by atoms with E-state index in [1.807, 2.05) is 25.1 Å². The molecule has 3 rings (SSSR count). The van der Waals surface area contributed by atoms with Crippen LogP contribution < -0.4 is 9.47 Å². The van der Waals surface area contributed by atoms with Crippen LogP contribution in [0.25, 0.3) is 5.76 Å². The van der Waals surface area contributed by atoms with Crippen molar-refractivity contribution >= 4 is 17.4 Å². The van der Waals surface area contributed by atoms with Gasteiger partial charge in [-0.1, -0.05) is 45.9 Å². The minimum atomic E-state index is -0.764. The SMILES string of the molecule is CCCN1C(=O)C(=O)/C(=C(/O)c2cc(C(C)(C)C)ccc2OC)C1c1cccc(OCCCO)c1. The second-order valence-corrected chi connectivity index (χ2v) is 9.66. The number of methoxy groups -OCH3 is 1. The molecule has 0 aromatic heterocycles. The van der Waals surface area contributed by atoms with Crippen molar-refractivity contribution in [2.75, 3.05) is 26.9 Å². The Kier molecular flexibility index (Phi) is 8.22. The molecule has 0 bridgehead atoms. The zero-order chi connectivity index (χ0) is 25.8. The van der Waals surface area contributed by atoms with Crippen LogP contribution in [0.2, 0.25) is 0 Å². The topological polar surface area (TPSA) is 96.3 Å². The molecule has 0 radical (unpaired) electrons. The molecule has 1 aliphatic rings. The highest BCUT2D eigenvalue weighted by molar-refractivity contribution is 6.46. The molecule has 1 aliphatic heterocycles. The molecule has 1 unspecified atom stereocenters. The summed E-state index contributed by atoms with van der Waals surface area (Å²) in [7, 11) is 1.50. The number of benzene rings is 2. The molecule has 2 N–H and O–H groups in total. The maximum atomic E-state index is 13.3. The predicted molar refractivity (Wildman–Crippen MR) is 135 cm³/mol. The van der Waals surface area contributed by atoms with Crippen LogP contribution in [0.5, 0.6) is 11.5 Å². The van der Waals surface area contributed by atoms with Crippen molar-refractivity contribution in [1.29, 1.82) is 0 Å². The molecular formula is C28H35NO6. The van der Waals surface area contributed by atoms with Crippen LogP contribution in [0.1, 0.15) is 63.3 Å². The summed E-state index contributed by atoms with van der Waals surface area (Å²) in [6, 6.07) is 11.9. The standard InChI is InChI=1S/C28H35NO6/c1-6-13-29-24(18-9-7-10-20(16-18)35-15-8-14-30)23(26(32)27(29)33)25(31)21-17-19(28(2,3)4)11-12-22(21)34-5/h7,9-12,16-17,24,30-31H,6,8,13-15H2,1-5H3/b25-23+. The Bertz CT molecular complexity index is 1110. The van der Waals surface area contributed by atoms with Gasteiger partial charge >= 0.3 is 0 Å². The van der Waals surface area contributed by atoms with Gasteiger partial charge in [-0.05, 0) is 47.2 Å². The molecule has 35 heavy (non-hydrogen) atoms. The summed E-state index contributed by atoms with van der Waals surface area (Å²) in [5, 5.41) is 20.5. The van der Waals surface area contributed by atoms with Gasteiger partial charge in [0.25, 0.3) is 11.7 Å². The van der Waals surface area contributed by atoms with E-state index in [9.17, 15) is 14.7 Å². The number of hydrogen-bond acceptors (Lipinski definition) is 6. The first-order valence-corrected chi connectivity index (χ1v) is 11.9. The van der Waals surface area contributed by atoms with Gasteiger partial charge in [0.2, 0.25) is 0 Å². The normalized spacial score (nSPS) is 17.7. The van der Waals surface area contributed by atoms with E-state index in [1.165, 1.54) is 12.0 Å². The second-order valence-electron chi connectivity index (χ2n) is 9.66. The van der Waals surface area contributed by atoms with E-state index >= 15 is 0 Å². The Balaban J connectivity index is 2.19. The lowest BCUT2D eigenvalue weighted by Crippen LogP contribution is -2.30. The van der Waals surface area contributed by atoms with Gasteiger partial charge < -0.3 is 24.6 Å². The van der Waals surface area contributed by atoms with Crippen molar-refractivity contribution in [3.8, 4) is 11.5 Å². The maximum absolute atomic E-state index is 13.3. The number of rotatable bonds is 9. The zero-order valence-electron chi connectivity index (χ0n) is 21.1. The van der Waals surface area contributed by atoms with Gasteiger partial charge in [-0.15, -0.1) is 0 Å². The molecule has 0 aliphatic carbocycles. The Morgan fingerprint density at radius 1 is 1.11 bits per heavy atom. The number of nitrogens with zero attached hydrogens (tertiary/aromatic N) is 1. The van der Waals surface area contributed by atoms with Gasteiger partial charge in [-0.25, -0.2) is 0 Å². The lowest BCUT2D eigenvalue weighted by molar-refractivity contribution is -0.139. The van der Waals surface area contributed by atoms with Gasteiger partial charge in [0.05, 0.1) is 30.9 Å². The summed E-state index contributed by atoms with van der Waals surface area (Å²) in [5.41, 5.74) is 1.82. The van der Waals surface area contributed by atoms with Crippen LogP contribution in [0.3, 0.4) is 0 Å². The summed E-state index contributed by atoms with van der Waals surface area (Å²) in [4.78, 5) is 27.8. The van der Waals surface area contributed by atoms with Gasteiger partial charge in [0, 0.05) is 19.6 Å². The fourth-order valence-electron chi connectivity index (χ4n) is 4.23. The first kappa shape index (κ1) is 26.3. The fraction of sp³-hybridized carbons (Fsp3) is 0.429. The molecule has 2 aromatic carbocycles. The van der Waals surface area contributed by atoms with Crippen LogP contribution in [-0.2, 0) is 15.0 Å². The number of aliphatic hydroxyl groups is 2. The summed E-state index contributed by atoms with van der Waals surface area (Å²) in [6.45, 7) is 8.82. The highest BCUT2D eigenvalue weighted by Crippen LogP contribution is 2.42. The van der Waals surface area contributed by atoms with Gasteiger partial charge in [-0.3, -0.25) is 9.59 Å². The van der Waals surface area contributed by atoms with E-state index in [4.69, 9.17) is 14.6 Å². The van der Waals surface area contributed by atoms with Crippen molar-refractivity contribution in [3.63, 3.8) is 0 Å². The fourth-order valence-corrected chi connectivity index (χ4v) is 4.23. The lowest BCUT2D eigenvalue weighted by Gasteiger charge is -2.26. The minimum absolute atomic E-state index is 0.0197. The summed E-state index contributed by atoms with van der Waals surface area (Å²) in [5.74, 6) is -0.657. The minimum Gasteiger partial charge on any atom is -0.507 e. The third-order valence-electron chi connectivity index (χ3n) is 6.07. The third kappa shape index (κ3) is 5.51. The maximum Gasteiger partial charge on any atom is 0.295 e. The van der Waals surface area contributed by atoms with Crippen molar-refractivity contribution in [3.05, 3.63) is 64.7 Å². The van der Waals surface area contributed by atoms with Crippen molar-refractivity contribution in [2.24, 2.45) is 0 Å². The average molecular weight is 482 g/mol. The highest BCUT2D eigenvalue weighted by atomic mass is 16.5. The quantitative estimate of drug-likeness (QED) is 0.235. The van der Waals surface area contributed by atoms with E-state index < -0.39 is 17.7 Å². The van der Waals surface area contributed by atoms with Crippen LogP contribution in [0.15, 0.2) is 48.0 Å². The number of amides is 1. The number of carbonyl (C=O) groups excluding carboxylic acids is 2. The molecule has 1 amide bonds. The van der Waals surface area contributed by atoms with Gasteiger partial charge in [0.15, 0.2) is 0 Å². The molecule has 1 saturated heterocycles. The van der Waals surface area contributed by atoms with Crippen LogP contribution >= 0.6 is 0 Å². The zero-order valence-corrected chi connectivity index (χ0v) is 21.1. The summed E-state index contributed by atoms with van der Waals surface area (Å²) < 4.78 is 11.2. The number of carbonyl (C=O) groups is 2. The largest absolute Gasteiger partial charge is 0.507 e. The number of ether oxygens (including phenoxy) is 2. The predicted octanol–water partition coefficient (Wildman–Crippen LogP) is 4.59. The van der Waals surface area contributed by atoms with Crippen molar-refractivity contribution < 1.29 is 29.3 Å². The van der Waals surface area contributed by atoms with Gasteiger partial charge in [0.1, 0.15) is 17.3 Å². The number of hydrogen-bond donors (Lipinski definition) is 2. The van der Waals surface area contributed by atoms with Crippen molar-refractivity contribution in [1.82, 2.24) is 4.90 Å². The number of ketones is 1. The van der Waals surface area contributed by atoms with E-state index in [2.05, 4.69) is 20.8 Å². The molecule has 1 fully saturated rings. The van der Waals surface area contributed by atoms with Crippen LogP contribution in [0, 0.1) is 0 Å². The summed E-state index contributed by atoms with van der Waals surface area (Å²) >= 11 is 0. The molecule has 188 valence electrons. The second kappa shape index (κ2) is 11.0. The Morgan fingerprint density at radius 3 is 2.49 bits per heavy atom. The number of likely N-dealkylation sites (tertiary alicyclic amines) is 1. The molecule has 7 nitrogen and oxygen atoms in total. The monoisotopic (exact) mass is 481 g/mol. The number of aliphatic hydroxyl groups excluding tert-OH is 2. The molecule has 7 heteroatoms. The Labute approximate surface area is 207 Å². The molecule has 0 saturated carbocycles. The van der Waals surface area contributed by atoms with E-state index in [1.54, 1.807) is 24.3 Å². The molecule has 0 spiro atoms. The lowest BCUT2D eigenvalue weighted by atomic mass is 9.85. The first-order valence-electron chi connectivity index (χ1n) is 11.9. The van der Waals surface area contributed by atoms with Crippen molar-refractivity contribution in [2.45, 2.75) is 52.0 Å². The Hall–Kier alpha value is -3.32. The van der Waals surface area contributed by atoms with Gasteiger partial charge in [-0.2, -0.15) is 0 Å². The van der Waals surface area contributed by atoms with E-state index in [0.717, 1.165) is 5.56 Å². The average Bonchev–Trinajstić information content (AvgIpc) is 3.08. The highest BCUT2D eigenvalue weighted by Gasteiger charge is 2.46. The van der Waals surface area contributed by atoms with Crippen LogP contribution in [0.4, 0.5) is 0 Å². The first-order chi connectivity index (χ1) is 16.6. The molecule has 1 heterocycles. The van der Waals surface area contributed by atoms with E-state index in [0.29, 0.717) is 48.6 Å². The van der Waals surface area contributed by atoms with E-state index in [-0.39, 0.29) is 23.4 Å². The third-order valence-corrected chi connectivity index (χ3v) is 6.07. The molecule has 2 aromatic rings. The number of Topliss-reactive ketones (excluding diaryl/α,β-unsaturated/α-hetero) is 1. The molecular weight excluding hydrogens is 446 g/mol. The molecule has 1 atom stereocenters.